The van der Waals surface area contributed by atoms with Crippen LogP contribution < -0.4 is 0 Å². The number of fused-ring (bicyclic) bond motifs is 1. The molecule has 90 valence electrons. The van der Waals surface area contributed by atoms with Crippen LogP contribution in [0.15, 0.2) is 0 Å². The molecule has 4 atom stereocenters. The molecule has 0 aromatic carbocycles. The maximum absolute atomic E-state index is 10.9. The molecule has 2 unspecified atom stereocenters. The van der Waals surface area contributed by atoms with Gasteiger partial charge < -0.3 is 9.47 Å². The maximum atomic E-state index is 10.9. The van der Waals surface area contributed by atoms with E-state index in [0.717, 1.165) is 25.7 Å². The fraction of sp³-hybridized carbons (Fsp3) is 0.833. The molecule has 2 rings (SSSR count). The molecule has 0 amide bonds. The van der Waals surface area contributed by atoms with E-state index in [9.17, 15) is 9.59 Å². The Morgan fingerprint density at radius 3 is 1.50 bits per heavy atom. The number of esters is 2. The molecule has 4 nitrogen and oxygen atoms in total. The van der Waals surface area contributed by atoms with Crippen LogP contribution in [0, 0.1) is 11.8 Å². The van der Waals surface area contributed by atoms with Crippen LogP contribution in [0.2, 0.25) is 0 Å². The van der Waals surface area contributed by atoms with E-state index in [0.29, 0.717) is 11.8 Å². The summed E-state index contributed by atoms with van der Waals surface area (Å²) >= 11 is 0. The molecule has 0 bridgehead atoms. The molecule has 2 saturated carbocycles. The summed E-state index contributed by atoms with van der Waals surface area (Å²) in [5.74, 6) is 0.379. The molecule has 0 spiro atoms. The Morgan fingerprint density at radius 2 is 1.19 bits per heavy atom. The Balaban J connectivity index is 1.95. The van der Waals surface area contributed by atoms with Crippen molar-refractivity contribution < 1.29 is 19.1 Å². The van der Waals surface area contributed by atoms with E-state index in [1.807, 2.05) is 0 Å². The van der Waals surface area contributed by atoms with Gasteiger partial charge in [-0.3, -0.25) is 9.59 Å². The van der Waals surface area contributed by atoms with E-state index >= 15 is 0 Å². The molecule has 4 heteroatoms. The maximum Gasteiger partial charge on any atom is 0.302 e. The van der Waals surface area contributed by atoms with Crippen LogP contribution in [0.25, 0.3) is 0 Å². The zero-order chi connectivity index (χ0) is 11.7. The minimum Gasteiger partial charge on any atom is -0.462 e. The van der Waals surface area contributed by atoms with Gasteiger partial charge in [0.1, 0.15) is 12.2 Å². The Morgan fingerprint density at radius 1 is 0.812 bits per heavy atom. The highest BCUT2D eigenvalue weighted by Gasteiger charge is 2.47. The smallest absolute Gasteiger partial charge is 0.302 e. The van der Waals surface area contributed by atoms with Gasteiger partial charge in [-0.1, -0.05) is 0 Å². The third kappa shape index (κ3) is 2.20. The number of hydrogen-bond acceptors (Lipinski definition) is 4. The first-order chi connectivity index (χ1) is 7.58. The lowest BCUT2D eigenvalue weighted by Crippen LogP contribution is -2.25. The second kappa shape index (κ2) is 4.44. The van der Waals surface area contributed by atoms with Gasteiger partial charge in [0.2, 0.25) is 0 Å². The largest absolute Gasteiger partial charge is 0.462 e. The fourth-order valence-electron chi connectivity index (χ4n) is 3.21. The van der Waals surface area contributed by atoms with Crippen molar-refractivity contribution in [3.05, 3.63) is 0 Å². The molecule has 0 radical (unpaired) electrons. The summed E-state index contributed by atoms with van der Waals surface area (Å²) < 4.78 is 10.6. The zero-order valence-electron chi connectivity index (χ0n) is 9.77. The topological polar surface area (TPSA) is 52.6 Å². The summed E-state index contributed by atoms with van der Waals surface area (Å²) in [5, 5.41) is 0. The standard InChI is InChI=1S/C12H18O4/c1-7(13)15-11-5-3-10-9(11)4-6-12(10)16-8(2)14/h9-12H,3-6H2,1-2H3/t9?,10?,11-,12-/m1/s1. The second-order valence-corrected chi connectivity index (χ2v) is 4.78. The Hall–Kier alpha value is -1.06. The summed E-state index contributed by atoms with van der Waals surface area (Å²) in [5.41, 5.74) is 0. The van der Waals surface area contributed by atoms with E-state index in [1.54, 1.807) is 0 Å². The number of rotatable bonds is 2. The van der Waals surface area contributed by atoms with Gasteiger partial charge in [0.05, 0.1) is 0 Å². The van der Waals surface area contributed by atoms with Crippen molar-refractivity contribution in [1.29, 1.82) is 0 Å². The quantitative estimate of drug-likeness (QED) is 0.672. The number of carbonyl (C=O) groups is 2. The van der Waals surface area contributed by atoms with Gasteiger partial charge >= 0.3 is 11.9 Å². The van der Waals surface area contributed by atoms with Gasteiger partial charge in [-0.05, 0) is 25.7 Å². The van der Waals surface area contributed by atoms with Crippen LogP contribution in [0.1, 0.15) is 39.5 Å². The molecule has 0 heterocycles. The van der Waals surface area contributed by atoms with Crippen LogP contribution in [0.3, 0.4) is 0 Å². The van der Waals surface area contributed by atoms with Crippen molar-refractivity contribution in [3.63, 3.8) is 0 Å². The van der Waals surface area contributed by atoms with Crippen molar-refractivity contribution in [1.82, 2.24) is 0 Å². The molecule has 0 aromatic rings. The van der Waals surface area contributed by atoms with Crippen molar-refractivity contribution in [3.8, 4) is 0 Å². The molecular formula is C12H18O4. The van der Waals surface area contributed by atoms with Crippen LogP contribution in [-0.4, -0.2) is 24.1 Å². The number of hydrogen-bond donors (Lipinski definition) is 0. The summed E-state index contributed by atoms with van der Waals surface area (Å²) in [6.45, 7) is 2.90. The van der Waals surface area contributed by atoms with Crippen LogP contribution in [-0.2, 0) is 19.1 Å². The Bertz CT molecular complexity index is 269. The minimum absolute atomic E-state index is 0.0445. The first kappa shape index (κ1) is 11.4. The zero-order valence-corrected chi connectivity index (χ0v) is 9.77. The van der Waals surface area contributed by atoms with Gasteiger partial charge in [-0.15, -0.1) is 0 Å². The summed E-state index contributed by atoms with van der Waals surface area (Å²) in [6.07, 6.45) is 3.91. The van der Waals surface area contributed by atoms with Crippen molar-refractivity contribution in [2.24, 2.45) is 11.8 Å². The first-order valence-corrected chi connectivity index (χ1v) is 5.92. The van der Waals surface area contributed by atoms with Crippen LogP contribution >= 0.6 is 0 Å². The van der Waals surface area contributed by atoms with Gasteiger partial charge in [0.25, 0.3) is 0 Å². The van der Waals surface area contributed by atoms with Crippen molar-refractivity contribution in [2.45, 2.75) is 51.7 Å². The predicted molar refractivity (Wildman–Crippen MR) is 56.6 cm³/mol. The lowest BCUT2D eigenvalue weighted by atomic mass is 9.98. The molecule has 2 aliphatic rings. The molecular weight excluding hydrogens is 208 g/mol. The summed E-state index contributed by atoms with van der Waals surface area (Å²) in [7, 11) is 0. The second-order valence-electron chi connectivity index (χ2n) is 4.78. The van der Waals surface area contributed by atoms with Crippen LogP contribution in [0.4, 0.5) is 0 Å². The van der Waals surface area contributed by atoms with Gasteiger partial charge in [-0.2, -0.15) is 0 Å². The summed E-state index contributed by atoms with van der Waals surface area (Å²) in [6, 6.07) is 0. The lowest BCUT2D eigenvalue weighted by Gasteiger charge is -2.20. The van der Waals surface area contributed by atoms with Crippen molar-refractivity contribution in [2.75, 3.05) is 0 Å². The molecule has 2 fully saturated rings. The average molecular weight is 226 g/mol. The average Bonchev–Trinajstić information content (AvgIpc) is 2.70. The monoisotopic (exact) mass is 226 g/mol. The van der Waals surface area contributed by atoms with E-state index in [2.05, 4.69) is 0 Å². The third-order valence-corrected chi connectivity index (χ3v) is 3.71. The highest BCUT2D eigenvalue weighted by molar-refractivity contribution is 5.66. The summed E-state index contributed by atoms with van der Waals surface area (Å²) in [4.78, 5) is 21.9. The molecule has 2 aliphatic carbocycles. The van der Waals surface area contributed by atoms with E-state index in [4.69, 9.17) is 9.47 Å². The van der Waals surface area contributed by atoms with Gasteiger partial charge in [-0.25, -0.2) is 0 Å². The minimum atomic E-state index is -0.207. The normalized spacial score (nSPS) is 36.9. The highest BCUT2D eigenvalue weighted by atomic mass is 16.6. The molecule has 0 aromatic heterocycles. The molecule has 0 N–H and O–H groups in total. The van der Waals surface area contributed by atoms with Crippen molar-refractivity contribution >= 4 is 11.9 Å². The number of carbonyl (C=O) groups excluding carboxylic acids is 2. The lowest BCUT2D eigenvalue weighted by molar-refractivity contribution is -0.150. The molecule has 16 heavy (non-hydrogen) atoms. The van der Waals surface area contributed by atoms with Gasteiger partial charge in [0.15, 0.2) is 0 Å². The highest BCUT2D eigenvalue weighted by Crippen LogP contribution is 2.46. The Labute approximate surface area is 95.3 Å². The Kier molecular flexibility index (Phi) is 3.17. The van der Waals surface area contributed by atoms with E-state index in [-0.39, 0.29) is 24.1 Å². The fourth-order valence-corrected chi connectivity index (χ4v) is 3.21. The third-order valence-electron chi connectivity index (χ3n) is 3.71. The van der Waals surface area contributed by atoms with E-state index in [1.165, 1.54) is 13.8 Å². The van der Waals surface area contributed by atoms with Crippen LogP contribution in [0.5, 0.6) is 0 Å². The SMILES string of the molecule is CC(=O)O[C@@H]1CCC2C1CC[C@H]2OC(C)=O. The predicted octanol–water partition coefficient (Wildman–Crippen LogP) is 1.67. The number of ether oxygens (including phenoxy) is 2. The van der Waals surface area contributed by atoms with Gasteiger partial charge in [0, 0.05) is 25.7 Å². The first-order valence-electron chi connectivity index (χ1n) is 5.92. The molecule has 0 aliphatic heterocycles. The molecule has 0 saturated heterocycles. The van der Waals surface area contributed by atoms with E-state index < -0.39 is 0 Å².